The number of amides is 2. The zero-order chi connectivity index (χ0) is 18.4. The van der Waals surface area contributed by atoms with E-state index in [0.717, 1.165) is 0 Å². The number of nitrogens with zero attached hydrogens (tertiary/aromatic N) is 3. The Morgan fingerprint density at radius 2 is 1.72 bits per heavy atom. The molecule has 0 saturated heterocycles. The van der Waals surface area contributed by atoms with E-state index in [1.165, 1.54) is 32.4 Å². The Balaban J connectivity index is 2.05. The molecule has 10 nitrogen and oxygen atoms in total. The van der Waals surface area contributed by atoms with E-state index < -0.39 is 16.1 Å². The van der Waals surface area contributed by atoms with Crippen molar-refractivity contribution in [1.29, 1.82) is 0 Å². The predicted octanol–water partition coefficient (Wildman–Crippen LogP) is 1.24. The van der Waals surface area contributed by atoms with Crippen LogP contribution in [0.25, 0.3) is 0 Å². The van der Waals surface area contributed by atoms with Crippen LogP contribution >= 0.6 is 23.5 Å². The van der Waals surface area contributed by atoms with Gasteiger partial charge in [-0.15, -0.1) is 4.98 Å². The van der Waals surface area contributed by atoms with Crippen LogP contribution in [0.2, 0.25) is 5.02 Å². The summed E-state index contributed by atoms with van der Waals surface area (Å²) in [6.07, 6.45) is 0. The van der Waals surface area contributed by atoms with Gasteiger partial charge in [0.2, 0.25) is 5.16 Å². The summed E-state index contributed by atoms with van der Waals surface area (Å²) in [5, 5.41) is 0.0244. The van der Waals surface area contributed by atoms with Gasteiger partial charge in [0.15, 0.2) is 0 Å². The van der Waals surface area contributed by atoms with Crippen molar-refractivity contribution in [1.82, 2.24) is 24.4 Å². The summed E-state index contributed by atoms with van der Waals surface area (Å²) >= 11 is 6.47. The first kappa shape index (κ1) is 19.0. The fourth-order valence-corrected chi connectivity index (χ4v) is 3.48. The Hall–Kier alpha value is -2.31. The highest BCUT2D eigenvalue weighted by atomic mass is 35.5. The van der Waals surface area contributed by atoms with Crippen LogP contribution in [0.1, 0.15) is 0 Å². The average molecular weight is 406 g/mol. The third-order valence-electron chi connectivity index (χ3n) is 2.53. The van der Waals surface area contributed by atoms with Crippen LogP contribution in [0.3, 0.4) is 0 Å². The molecule has 0 unspecified atom stereocenters. The molecule has 2 amide bonds. The van der Waals surface area contributed by atoms with Gasteiger partial charge in [-0.1, -0.05) is 23.7 Å². The van der Waals surface area contributed by atoms with Crippen LogP contribution < -0.4 is 18.9 Å². The number of rotatable bonds is 6. The number of benzene rings is 1. The molecular formula is C12H12ClN5O5S2. The lowest BCUT2D eigenvalue weighted by atomic mass is 10.4. The van der Waals surface area contributed by atoms with Crippen molar-refractivity contribution < 1.29 is 22.7 Å². The first-order valence-electron chi connectivity index (χ1n) is 6.44. The number of ether oxygens (including phenoxy) is 2. The van der Waals surface area contributed by atoms with Gasteiger partial charge in [0, 0.05) is 11.9 Å². The molecule has 0 radical (unpaired) electrons. The van der Waals surface area contributed by atoms with E-state index in [2.05, 4.69) is 19.7 Å². The molecule has 0 fully saturated rings. The molecule has 1 aromatic heterocycles. The van der Waals surface area contributed by atoms with Crippen molar-refractivity contribution in [2.45, 2.75) is 10.1 Å². The van der Waals surface area contributed by atoms with Gasteiger partial charge in [-0.25, -0.2) is 17.9 Å². The quantitative estimate of drug-likeness (QED) is 0.680. The van der Waals surface area contributed by atoms with Crippen LogP contribution in [0, 0.1) is 0 Å². The largest absolute Gasteiger partial charge is 0.467 e. The smallest absolute Gasteiger partial charge is 0.339 e. The number of carbonyl (C=O) groups is 1. The van der Waals surface area contributed by atoms with Crippen molar-refractivity contribution >= 4 is 39.6 Å². The van der Waals surface area contributed by atoms with Gasteiger partial charge >= 0.3 is 18.1 Å². The summed E-state index contributed by atoms with van der Waals surface area (Å²) in [5.74, 6) is 0. The van der Waals surface area contributed by atoms with E-state index in [1.54, 1.807) is 6.07 Å². The SMILES string of the molecule is COc1nc(OC)nc(SNC(=O)NS(=O)(=O)c2ccccc2Cl)n1. The molecule has 13 heteroatoms. The van der Waals surface area contributed by atoms with Gasteiger partial charge in [0.25, 0.3) is 10.0 Å². The number of methoxy groups -OCH3 is 2. The standard InChI is InChI=1S/C12H12ClN5O5S2/c1-22-10-14-11(23-2)16-12(15-10)24-17-9(19)18-25(20,21)8-6-4-3-5-7(8)13/h3-6H,1-2H3,(H2,17,18,19). The molecule has 1 heterocycles. The van der Waals surface area contributed by atoms with Crippen LogP contribution in [-0.2, 0) is 10.0 Å². The Labute approximate surface area is 152 Å². The number of sulfonamides is 1. The van der Waals surface area contributed by atoms with E-state index in [0.29, 0.717) is 11.9 Å². The highest BCUT2D eigenvalue weighted by Gasteiger charge is 2.20. The molecule has 2 rings (SSSR count). The number of hydrogen-bond donors (Lipinski definition) is 2. The molecule has 2 N–H and O–H groups in total. The third-order valence-corrected chi connectivity index (χ3v) is 5.01. The summed E-state index contributed by atoms with van der Waals surface area (Å²) in [5.41, 5.74) is 0. The minimum Gasteiger partial charge on any atom is -0.467 e. The zero-order valence-corrected chi connectivity index (χ0v) is 15.3. The summed E-state index contributed by atoms with van der Waals surface area (Å²) in [7, 11) is -1.44. The van der Waals surface area contributed by atoms with Crippen LogP contribution in [-0.4, -0.2) is 43.6 Å². The van der Waals surface area contributed by atoms with Crippen molar-refractivity contribution in [3.63, 3.8) is 0 Å². The normalized spacial score (nSPS) is 10.8. The molecular weight excluding hydrogens is 394 g/mol. The molecule has 0 aliphatic carbocycles. The molecule has 0 spiro atoms. The van der Waals surface area contributed by atoms with Crippen molar-refractivity contribution in [2.24, 2.45) is 0 Å². The maximum atomic E-state index is 12.1. The summed E-state index contributed by atoms with van der Waals surface area (Å²) in [6.45, 7) is 0. The molecule has 25 heavy (non-hydrogen) atoms. The van der Waals surface area contributed by atoms with Gasteiger partial charge in [-0.2, -0.15) is 9.97 Å². The number of aromatic nitrogens is 3. The number of urea groups is 1. The maximum absolute atomic E-state index is 12.1. The second kappa shape index (κ2) is 8.18. The second-order valence-electron chi connectivity index (χ2n) is 4.16. The summed E-state index contributed by atoms with van der Waals surface area (Å²) < 4.78 is 38.0. The third kappa shape index (κ3) is 5.08. The maximum Gasteiger partial charge on any atom is 0.339 e. The Kier molecular flexibility index (Phi) is 6.22. The summed E-state index contributed by atoms with van der Waals surface area (Å²) in [6, 6.07) is 4.65. The fraction of sp³-hybridized carbons (Fsp3) is 0.167. The molecule has 0 aliphatic rings. The molecule has 0 atom stereocenters. The predicted molar refractivity (Wildman–Crippen MR) is 89.1 cm³/mol. The fourth-order valence-electron chi connectivity index (χ4n) is 1.50. The lowest BCUT2D eigenvalue weighted by Gasteiger charge is -2.09. The minimum absolute atomic E-state index is 0.0117. The van der Waals surface area contributed by atoms with Crippen molar-refractivity contribution in [2.75, 3.05) is 14.2 Å². The van der Waals surface area contributed by atoms with Crippen LogP contribution in [0.15, 0.2) is 34.3 Å². The molecule has 1 aromatic carbocycles. The zero-order valence-electron chi connectivity index (χ0n) is 12.9. The van der Waals surface area contributed by atoms with Gasteiger partial charge in [0.05, 0.1) is 19.2 Å². The summed E-state index contributed by atoms with van der Waals surface area (Å²) in [4.78, 5) is 23.1. The minimum atomic E-state index is -4.13. The van der Waals surface area contributed by atoms with Gasteiger partial charge in [-0.3, -0.25) is 4.72 Å². The van der Waals surface area contributed by atoms with E-state index in [4.69, 9.17) is 21.1 Å². The first-order valence-corrected chi connectivity index (χ1v) is 9.11. The number of carbonyl (C=O) groups excluding carboxylic acids is 1. The molecule has 0 saturated carbocycles. The lowest BCUT2D eigenvalue weighted by Crippen LogP contribution is -2.36. The highest BCUT2D eigenvalue weighted by Crippen LogP contribution is 2.20. The highest BCUT2D eigenvalue weighted by molar-refractivity contribution is 7.98. The van der Waals surface area contributed by atoms with Crippen LogP contribution in [0.4, 0.5) is 4.79 Å². The van der Waals surface area contributed by atoms with Gasteiger partial charge in [-0.05, 0) is 12.1 Å². The van der Waals surface area contributed by atoms with Crippen molar-refractivity contribution in [3.05, 3.63) is 29.3 Å². The van der Waals surface area contributed by atoms with E-state index in [1.807, 2.05) is 4.72 Å². The average Bonchev–Trinajstić information content (AvgIpc) is 2.59. The monoisotopic (exact) mass is 405 g/mol. The van der Waals surface area contributed by atoms with Gasteiger partial charge < -0.3 is 9.47 Å². The van der Waals surface area contributed by atoms with E-state index in [-0.39, 0.29) is 27.1 Å². The van der Waals surface area contributed by atoms with Crippen LogP contribution in [0.5, 0.6) is 12.0 Å². The Bertz CT molecular complexity index is 858. The lowest BCUT2D eigenvalue weighted by molar-refractivity contribution is 0.251. The van der Waals surface area contributed by atoms with E-state index >= 15 is 0 Å². The molecule has 2 aromatic rings. The number of hydrogen-bond acceptors (Lipinski definition) is 9. The Morgan fingerprint density at radius 1 is 1.12 bits per heavy atom. The second-order valence-corrected chi connectivity index (χ2v) is 6.99. The molecule has 0 bridgehead atoms. The van der Waals surface area contributed by atoms with Crippen molar-refractivity contribution in [3.8, 4) is 12.0 Å². The first-order chi connectivity index (χ1) is 11.9. The van der Waals surface area contributed by atoms with Gasteiger partial charge in [0.1, 0.15) is 4.90 Å². The topological polar surface area (TPSA) is 132 Å². The van der Waals surface area contributed by atoms with E-state index in [9.17, 15) is 13.2 Å². The number of halogens is 1. The number of nitrogens with one attached hydrogen (secondary N) is 2. The molecule has 134 valence electrons. The Morgan fingerprint density at radius 3 is 2.28 bits per heavy atom. The molecule has 0 aliphatic heterocycles.